The van der Waals surface area contributed by atoms with E-state index < -0.39 is 18.5 Å². The van der Waals surface area contributed by atoms with Crippen LogP contribution in [0.15, 0.2) is 97.5 Å². The molecule has 0 aliphatic rings. The van der Waals surface area contributed by atoms with Crippen molar-refractivity contribution in [3.63, 3.8) is 0 Å². The monoisotopic (exact) mass is 630 g/mol. The van der Waals surface area contributed by atoms with Crippen LogP contribution in [0.4, 0.5) is 43.4 Å². The van der Waals surface area contributed by atoms with E-state index in [1.54, 1.807) is 36.7 Å². The van der Waals surface area contributed by atoms with E-state index in [0.29, 0.717) is 16.8 Å². The average molecular weight is 631 g/mol. The number of carbonyl (C=O) groups is 2. The van der Waals surface area contributed by atoms with Crippen LogP contribution in [0.3, 0.4) is 0 Å². The molecule has 234 valence electrons. The molecule has 0 spiro atoms. The third-order valence-electron chi connectivity index (χ3n) is 6.34. The van der Waals surface area contributed by atoms with Gasteiger partial charge in [-0.2, -0.15) is 13.2 Å². The van der Waals surface area contributed by atoms with Crippen molar-refractivity contribution in [2.75, 3.05) is 17.3 Å². The van der Waals surface area contributed by atoms with Gasteiger partial charge < -0.3 is 25.0 Å². The van der Waals surface area contributed by atoms with Gasteiger partial charge >= 0.3 is 18.5 Å². The van der Waals surface area contributed by atoms with Crippen LogP contribution in [0.1, 0.15) is 5.56 Å². The topological polar surface area (TPSA) is 108 Å². The Labute approximate surface area is 251 Å². The predicted molar refractivity (Wildman–Crippen MR) is 155 cm³/mol. The molecule has 0 radical (unpaired) electrons. The second-order valence-electron chi connectivity index (χ2n) is 9.46. The maximum atomic E-state index is 12.9. The predicted octanol–water partition coefficient (Wildman–Crippen LogP) is 7.71. The zero-order valence-electron chi connectivity index (χ0n) is 23.3. The summed E-state index contributed by atoms with van der Waals surface area (Å²) in [6.45, 7) is 0. The highest BCUT2D eigenvalue weighted by Crippen LogP contribution is 2.37. The third-order valence-corrected chi connectivity index (χ3v) is 6.34. The summed E-state index contributed by atoms with van der Waals surface area (Å²) in [6.07, 6.45) is -4.47. The van der Waals surface area contributed by atoms with Crippen molar-refractivity contribution >= 4 is 39.8 Å². The molecule has 0 aliphatic heterocycles. The van der Waals surface area contributed by atoms with Gasteiger partial charge in [0.25, 0.3) is 0 Å². The summed E-state index contributed by atoms with van der Waals surface area (Å²) in [6, 6.07) is 22.5. The summed E-state index contributed by atoms with van der Waals surface area (Å²) in [4.78, 5) is 31.1. The number of aromatic amines is 1. The summed E-state index contributed by atoms with van der Waals surface area (Å²) in [7, 11) is 1.87. The zero-order chi connectivity index (χ0) is 32.8. The highest BCUT2D eigenvalue weighted by atomic mass is 19.4. The fraction of sp³-hybridized carbons (Fsp3) is 0.129. The van der Waals surface area contributed by atoms with Crippen LogP contribution in [0.25, 0.3) is 22.0 Å². The van der Waals surface area contributed by atoms with Crippen molar-refractivity contribution in [3.8, 4) is 16.9 Å². The molecular formula is C31H24F6N4O4. The largest absolute Gasteiger partial charge is 0.573 e. The number of hydrogen-bond donors (Lipinski definition) is 3. The summed E-state index contributed by atoms with van der Waals surface area (Å²) in [5.41, 5.74) is 5.35. The molecule has 3 N–H and O–H groups in total. The maximum Gasteiger partial charge on any atom is 0.573 e. The first-order valence-corrected chi connectivity index (χ1v) is 13.0. The quantitative estimate of drug-likeness (QED) is 0.159. The van der Waals surface area contributed by atoms with Crippen LogP contribution in [0.2, 0.25) is 0 Å². The molecule has 45 heavy (non-hydrogen) atoms. The lowest BCUT2D eigenvalue weighted by Crippen LogP contribution is -2.21. The number of hydrogen-bond acceptors (Lipinski definition) is 5. The van der Waals surface area contributed by atoms with E-state index in [-0.39, 0.29) is 18.1 Å². The first kappa shape index (κ1) is 32.4. The highest BCUT2D eigenvalue weighted by molar-refractivity contribution is 5.97. The number of para-hydroxylation sites is 1. The Hall–Kier alpha value is -5.53. The molecule has 0 aliphatic carbocycles. The summed E-state index contributed by atoms with van der Waals surface area (Å²) in [5.74, 6) is -3.26. The van der Waals surface area contributed by atoms with Gasteiger partial charge in [0.1, 0.15) is 5.75 Å². The minimum absolute atomic E-state index is 0.181. The van der Waals surface area contributed by atoms with E-state index >= 15 is 0 Å². The molecule has 5 aromatic rings. The Kier molecular flexibility index (Phi) is 9.65. The van der Waals surface area contributed by atoms with Gasteiger partial charge in [0.15, 0.2) is 0 Å². The van der Waals surface area contributed by atoms with Gasteiger partial charge in [-0.3, -0.25) is 9.78 Å². The number of ether oxygens (including phenoxy) is 1. The number of aromatic nitrogens is 2. The SMILES string of the molecule is CN(c1cccnc1)c1ccc(NC(=O)Cc2c[nH]c3ccccc23)cc1-c1ccc(OC(F)(F)F)cc1.O=C(O)C(F)(F)F. The van der Waals surface area contributed by atoms with Gasteiger partial charge in [-0.1, -0.05) is 30.3 Å². The fourth-order valence-corrected chi connectivity index (χ4v) is 4.32. The molecule has 0 saturated heterocycles. The van der Waals surface area contributed by atoms with Crippen LogP contribution in [0, 0.1) is 0 Å². The number of carboxylic acids is 1. The molecule has 0 atom stereocenters. The number of nitrogens with one attached hydrogen (secondary N) is 2. The van der Waals surface area contributed by atoms with Gasteiger partial charge in [-0.05, 0) is 59.7 Å². The molecule has 8 nitrogen and oxygen atoms in total. The third kappa shape index (κ3) is 8.75. The molecule has 0 bridgehead atoms. The number of benzene rings is 3. The Morgan fingerprint density at radius 2 is 1.64 bits per heavy atom. The Morgan fingerprint density at radius 3 is 2.27 bits per heavy atom. The molecule has 0 fully saturated rings. The number of pyridine rings is 1. The van der Waals surface area contributed by atoms with Crippen LogP contribution >= 0.6 is 0 Å². The van der Waals surface area contributed by atoms with E-state index in [9.17, 15) is 31.1 Å². The number of carboxylic acid groups (broad SMARTS) is 1. The molecule has 0 saturated carbocycles. The molecule has 3 aromatic carbocycles. The maximum absolute atomic E-state index is 12.9. The number of carbonyl (C=O) groups excluding carboxylic acids is 1. The zero-order valence-corrected chi connectivity index (χ0v) is 23.3. The van der Waals surface area contributed by atoms with Crippen molar-refractivity contribution in [1.29, 1.82) is 0 Å². The van der Waals surface area contributed by atoms with Gasteiger partial charge in [0.2, 0.25) is 5.91 Å². The van der Waals surface area contributed by atoms with Gasteiger partial charge in [0, 0.05) is 47.3 Å². The molecule has 1 amide bonds. The van der Waals surface area contributed by atoms with Crippen LogP contribution in [-0.4, -0.2) is 46.5 Å². The smallest absolute Gasteiger partial charge is 0.475 e. The summed E-state index contributed by atoms with van der Waals surface area (Å²) in [5, 5.41) is 11.1. The fourth-order valence-electron chi connectivity index (χ4n) is 4.32. The number of rotatable bonds is 7. The van der Waals surface area contributed by atoms with Crippen LogP contribution in [-0.2, 0) is 16.0 Å². The molecule has 5 rings (SSSR count). The van der Waals surface area contributed by atoms with Crippen molar-refractivity contribution in [2.45, 2.75) is 19.0 Å². The minimum Gasteiger partial charge on any atom is -0.475 e. The van der Waals surface area contributed by atoms with Crippen LogP contribution < -0.4 is 15.0 Å². The number of alkyl halides is 6. The Balaban J connectivity index is 0.000000591. The molecular weight excluding hydrogens is 606 g/mol. The van der Waals surface area contributed by atoms with Crippen molar-refractivity contribution < 1.29 is 45.8 Å². The van der Waals surface area contributed by atoms with E-state index in [2.05, 4.69) is 20.0 Å². The second-order valence-corrected chi connectivity index (χ2v) is 9.46. The number of fused-ring (bicyclic) bond motifs is 1. The first-order chi connectivity index (χ1) is 21.2. The average Bonchev–Trinajstić information content (AvgIpc) is 3.39. The number of nitrogens with zero attached hydrogens (tertiary/aromatic N) is 2. The van der Waals surface area contributed by atoms with E-state index in [1.807, 2.05) is 60.6 Å². The summed E-state index contributed by atoms with van der Waals surface area (Å²) < 4.78 is 73.7. The van der Waals surface area contributed by atoms with Crippen molar-refractivity contribution in [1.82, 2.24) is 9.97 Å². The van der Waals surface area contributed by atoms with E-state index in [0.717, 1.165) is 27.8 Å². The highest BCUT2D eigenvalue weighted by Gasteiger charge is 2.38. The first-order valence-electron chi connectivity index (χ1n) is 13.0. The van der Waals surface area contributed by atoms with Gasteiger partial charge in [0.05, 0.1) is 18.3 Å². The lowest BCUT2D eigenvalue weighted by Gasteiger charge is -2.23. The molecule has 2 aromatic heterocycles. The number of anilines is 3. The molecule has 0 unspecified atom stereocenters. The molecule has 14 heteroatoms. The molecule has 2 heterocycles. The van der Waals surface area contributed by atoms with Crippen LogP contribution in [0.5, 0.6) is 5.75 Å². The number of amides is 1. The van der Waals surface area contributed by atoms with Crippen molar-refractivity contribution in [3.05, 3.63) is 103 Å². The summed E-state index contributed by atoms with van der Waals surface area (Å²) >= 11 is 0. The normalized spacial score (nSPS) is 11.4. The second kappa shape index (κ2) is 13.4. The van der Waals surface area contributed by atoms with Gasteiger partial charge in [-0.25, -0.2) is 4.79 Å². The minimum atomic E-state index is -5.08. The van der Waals surface area contributed by atoms with E-state index in [4.69, 9.17) is 9.90 Å². The number of aliphatic carboxylic acids is 1. The lowest BCUT2D eigenvalue weighted by molar-refractivity contribution is -0.274. The number of H-pyrrole nitrogens is 1. The van der Waals surface area contributed by atoms with Crippen molar-refractivity contribution in [2.24, 2.45) is 0 Å². The van der Waals surface area contributed by atoms with Gasteiger partial charge in [-0.15, -0.1) is 13.2 Å². The standard InChI is InChI=1S/C29H23F3N4O2.C2HF3O2/c1-36(22-5-4-14-33-18-22)27-13-10-21(16-25(27)19-8-11-23(12-9-19)38-29(30,31)32)35-28(37)15-20-17-34-26-7-3-2-6-24(20)26;3-2(4,5)1(6)7/h2-14,16-18,34H,15H2,1H3,(H,35,37);(H,6,7). The van der Waals surface area contributed by atoms with E-state index in [1.165, 1.54) is 12.1 Å². The lowest BCUT2D eigenvalue weighted by atomic mass is 10.0. The Morgan fingerprint density at radius 1 is 0.956 bits per heavy atom. The number of halogens is 6. The Bertz CT molecular complexity index is 1770.